The lowest BCUT2D eigenvalue weighted by Gasteiger charge is -2.38. The number of nitrogens with two attached hydrogens (primary N) is 1. The first-order chi connectivity index (χ1) is 9.30. The first-order valence-electron chi connectivity index (χ1n) is 5.77. The number of hydrogen-bond donors (Lipinski definition) is 3. The average molecular weight is 310 g/mol. The number of methoxy groups -OCH3 is 1. The Hall–Kier alpha value is -1.22. The number of aromatic nitrogens is 2. The Bertz CT molecular complexity index is 507. The van der Waals surface area contributed by atoms with Gasteiger partial charge in [-0.3, -0.25) is 4.57 Å². The number of ether oxygens (including phenoxy) is 1. The molecular weight excluding hydrogens is 293 g/mol. The topological polar surface area (TPSA) is 111 Å². The molecule has 1 heterocycles. The van der Waals surface area contributed by atoms with E-state index in [-0.39, 0.29) is 5.82 Å². The number of rotatable bonds is 6. The van der Waals surface area contributed by atoms with Crippen molar-refractivity contribution in [3.8, 4) is 0 Å². The van der Waals surface area contributed by atoms with Crippen molar-refractivity contribution in [1.29, 1.82) is 0 Å². The zero-order chi connectivity index (χ0) is 15.5. The molecule has 0 amide bonds. The highest BCUT2D eigenvalue weighted by atomic mass is 35.5. The molecule has 20 heavy (non-hydrogen) atoms. The van der Waals surface area contributed by atoms with Gasteiger partial charge < -0.3 is 20.7 Å². The molecule has 4 N–H and O–H groups in total. The summed E-state index contributed by atoms with van der Waals surface area (Å²) < 4.78 is 19.5. The fourth-order valence-electron chi connectivity index (χ4n) is 1.80. The van der Waals surface area contributed by atoms with Crippen LogP contribution < -0.4 is 11.4 Å². The van der Waals surface area contributed by atoms with Crippen molar-refractivity contribution in [3.05, 3.63) is 22.7 Å². The maximum Gasteiger partial charge on any atom is 0.350 e. The Morgan fingerprint density at radius 3 is 2.70 bits per heavy atom. The highest BCUT2D eigenvalue weighted by Gasteiger charge is 2.47. The summed E-state index contributed by atoms with van der Waals surface area (Å²) in [5.74, 6) is -0.0105. The van der Waals surface area contributed by atoms with Crippen LogP contribution in [0.1, 0.15) is 12.4 Å². The van der Waals surface area contributed by atoms with Gasteiger partial charge in [0.1, 0.15) is 23.6 Å². The fraction of sp³-hybridized carbons (Fsp3) is 0.636. The van der Waals surface area contributed by atoms with Gasteiger partial charge in [-0.1, -0.05) is 11.6 Å². The molecule has 0 aliphatic carbocycles. The van der Waals surface area contributed by atoms with Crippen LogP contribution in [-0.4, -0.2) is 51.4 Å². The maximum atomic E-state index is 13.7. The highest BCUT2D eigenvalue weighted by molar-refractivity contribution is 6.19. The van der Waals surface area contributed by atoms with Crippen molar-refractivity contribution >= 4 is 17.4 Å². The van der Waals surface area contributed by atoms with E-state index in [9.17, 15) is 19.4 Å². The summed E-state index contributed by atoms with van der Waals surface area (Å²) in [5.41, 5.74) is 1.19. The fourth-order valence-corrected chi connectivity index (χ4v) is 2.16. The molecule has 1 aromatic rings. The van der Waals surface area contributed by atoms with E-state index >= 15 is 0 Å². The first kappa shape index (κ1) is 16.8. The molecule has 0 bridgehead atoms. The summed E-state index contributed by atoms with van der Waals surface area (Å²) in [4.78, 5) is 15.1. The van der Waals surface area contributed by atoms with Crippen LogP contribution >= 0.6 is 11.6 Å². The van der Waals surface area contributed by atoms with Crippen molar-refractivity contribution in [2.24, 2.45) is 0 Å². The van der Waals surface area contributed by atoms with Crippen LogP contribution in [-0.2, 0) is 4.74 Å². The number of nitrogens with zero attached hydrogens (tertiary/aromatic N) is 2. The number of hydrogen-bond acceptors (Lipinski definition) is 6. The van der Waals surface area contributed by atoms with E-state index in [0.717, 1.165) is 18.6 Å². The van der Waals surface area contributed by atoms with E-state index in [0.29, 0.717) is 0 Å². The molecule has 0 aliphatic heterocycles. The lowest BCUT2D eigenvalue weighted by atomic mass is 9.92. The largest absolute Gasteiger partial charge is 0.393 e. The standard InChI is InChI=1S/C11H17ClFN3O4/c1-6(13)11(5-17,20-2)8(18)9(12)16-4-3-7(14)15-10(16)19/h3-4,6,8-9,17-18H,5H2,1-2H3,(H2,14,15,19)/t6-,8+,9+,11+/m1/s1. The molecule has 7 nitrogen and oxygen atoms in total. The zero-order valence-electron chi connectivity index (χ0n) is 11.0. The normalized spacial score (nSPS) is 19.1. The number of anilines is 1. The summed E-state index contributed by atoms with van der Waals surface area (Å²) in [6.45, 7) is 0.291. The second-order valence-corrected chi connectivity index (χ2v) is 4.74. The number of nitrogen functional groups attached to an aromatic ring is 1. The van der Waals surface area contributed by atoms with E-state index in [1.54, 1.807) is 0 Å². The van der Waals surface area contributed by atoms with Gasteiger partial charge in [-0.25, -0.2) is 9.18 Å². The Morgan fingerprint density at radius 1 is 1.70 bits per heavy atom. The summed E-state index contributed by atoms with van der Waals surface area (Å²) in [5, 5.41) is 19.5. The highest BCUT2D eigenvalue weighted by Crippen LogP contribution is 2.31. The van der Waals surface area contributed by atoms with E-state index in [1.165, 1.54) is 12.3 Å². The Labute approximate surface area is 119 Å². The summed E-state index contributed by atoms with van der Waals surface area (Å²) in [6, 6.07) is 1.30. The van der Waals surface area contributed by atoms with Gasteiger partial charge in [0, 0.05) is 13.3 Å². The van der Waals surface area contributed by atoms with E-state index in [1.807, 2.05) is 0 Å². The molecule has 0 aromatic carbocycles. The second kappa shape index (κ2) is 6.49. The third-order valence-corrected chi connectivity index (χ3v) is 3.63. The average Bonchev–Trinajstić information content (AvgIpc) is 2.39. The number of halogens is 2. The summed E-state index contributed by atoms with van der Waals surface area (Å²) in [6.07, 6.45) is -2.21. The van der Waals surface area contributed by atoms with Crippen LogP contribution in [0.15, 0.2) is 17.1 Å². The van der Waals surface area contributed by atoms with Crippen LogP contribution in [0.2, 0.25) is 0 Å². The van der Waals surface area contributed by atoms with Crippen molar-refractivity contribution in [2.75, 3.05) is 19.5 Å². The number of alkyl halides is 2. The van der Waals surface area contributed by atoms with Crippen LogP contribution in [0.5, 0.6) is 0 Å². The van der Waals surface area contributed by atoms with Gasteiger partial charge in [0.05, 0.1) is 6.61 Å². The summed E-state index contributed by atoms with van der Waals surface area (Å²) >= 11 is 5.97. The molecule has 1 aromatic heterocycles. The van der Waals surface area contributed by atoms with Gasteiger partial charge in [-0.2, -0.15) is 4.98 Å². The SMILES string of the molecule is CO[C@@](CO)([C@@H](C)F)[C@@H](O)[C@@H](Cl)n1ccc(N)nc1=O. The lowest BCUT2D eigenvalue weighted by molar-refractivity contribution is -0.168. The molecule has 4 atom stereocenters. The van der Waals surface area contributed by atoms with Crippen molar-refractivity contribution in [1.82, 2.24) is 9.55 Å². The zero-order valence-corrected chi connectivity index (χ0v) is 11.8. The third-order valence-electron chi connectivity index (χ3n) is 3.18. The van der Waals surface area contributed by atoms with Gasteiger partial charge in [-0.15, -0.1) is 0 Å². The van der Waals surface area contributed by atoms with Gasteiger partial charge >= 0.3 is 5.69 Å². The van der Waals surface area contributed by atoms with Gasteiger partial charge in [0.2, 0.25) is 0 Å². The Kier molecular flexibility index (Phi) is 5.46. The van der Waals surface area contributed by atoms with E-state index in [4.69, 9.17) is 22.1 Å². The van der Waals surface area contributed by atoms with Gasteiger partial charge in [0.25, 0.3) is 0 Å². The monoisotopic (exact) mass is 309 g/mol. The van der Waals surface area contributed by atoms with Gasteiger partial charge in [0.15, 0.2) is 5.60 Å². The minimum absolute atomic E-state index is 0.0105. The Balaban J connectivity index is 3.18. The quantitative estimate of drug-likeness (QED) is 0.620. The molecule has 0 radical (unpaired) electrons. The smallest absolute Gasteiger partial charge is 0.350 e. The van der Waals surface area contributed by atoms with E-state index in [2.05, 4.69) is 4.98 Å². The van der Waals surface area contributed by atoms with Crippen LogP contribution in [0, 0.1) is 0 Å². The molecule has 1 rings (SSSR count). The number of aliphatic hydroxyl groups excluding tert-OH is 2. The molecule has 9 heteroatoms. The van der Waals surface area contributed by atoms with Crippen molar-refractivity contribution in [2.45, 2.75) is 30.3 Å². The second-order valence-electron chi connectivity index (χ2n) is 4.29. The predicted molar refractivity (Wildman–Crippen MR) is 71.2 cm³/mol. The summed E-state index contributed by atoms with van der Waals surface area (Å²) in [7, 11) is 1.13. The first-order valence-corrected chi connectivity index (χ1v) is 6.20. The van der Waals surface area contributed by atoms with Crippen LogP contribution in [0.25, 0.3) is 0 Å². The predicted octanol–water partition coefficient (Wildman–Crippen LogP) is -0.341. The molecule has 0 saturated carbocycles. The molecule has 0 spiro atoms. The number of aliphatic hydroxyl groups is 2. The van der Waals surface area contributed by atoms with Crippen LogP contribution in [0.3, 0.4) is 0 Å². The molecule has 0 fully saturated rings. The molecular formula is C11H17ClFN3O4. The molecule has 0 aliphatic rings. The third kappa shape index (κ3) is 2.93. The van der Waals surface area contributed by atoms with Gasteiger partial charge in [-0.05, 0) is 13.0 Å². The minimum Gasteiger partial charge on any atom is -0.393 e. The molecule has 0 saturated heterocycles. The minimum atomic E-state index is -1.95. The molecule has 0 unspecified atom stereocenters. The molecule has 114 valence electrons. The Morgan fingerprint density at radius 2 is 2.30 bits per heavy atom. The van der Waals surface area contributed by atoms with E-state index < -0.39 is 35.7 Å². The lowest BCUT2D eigenvalue weighted by Crippen LogP contribution is -2.57. The van der Waals surface area contributed by atoms with Crippen molar-refractivity contribution in [3.63, 3.8) is 0 Å². The maximum absolute atomic E-state index is 13.7. The van der Waals surface area contributed by atoms with Crippen molar-refractivity contribution < 1.29 is 19.3 Å². The van der Waals surface area contributed by atoms with Crippen LogP contribution in [0.4, 0.5) is 10.2 Å².